The number of carbonyl (C=O) groups is 1. The van der Waals surface area contributed by atoms with E-state index in [0.717, 1.165) is 0 Å². The van der Waals surface area contributed by atoms with Crippen LogP contribution in [0.2, 0.25) is 0 Å². The lowest BCUT2D eigenvalue weighted by Crippen LogP contribution is -2.38. The first-order valence-corrected chi connectivity index (χ1v) is 8.14. The first-order chi connectivity index (χ1) is 9.35. The first-order valence-electron chi connectivity index (χ1n) is 6.32. The second kappa shape index (κ2) is 5.88. The number of carbonyl (C=O) groups excluding carboxylic acids is 1. The molecular formula is C13H17FN2O3S. The molecule has 0 bridgehead atoms. The fourth-order valence-corrected chi connectivity index (χ4v) is 4.05. The van der Waals surface area contributed by atoms with E-state index in [0.29, 0.717) is 12.1 Å². The molecule has 1 N–H and O–H groups in total. The summed E-state index contributed by atoms with van der Waals surface area (Å²) in [5, 5.41) is 2.59. The van der Waals surface area contributed by atoms with Gasteiger partial charge in [-0.15, -0.1) is 0 Å². The fraction of sp³-hybridized carbons (Fsp3) is 0.462. The van der Waals surface area contributed by atoms with Crippen molar-refractivity contribution in [3.63, 3.8) is 0 Å². The third-order valence-corrected chi connectivity index (χ3v) is 5.08. The van der Waals surface area contributed by atoms with Crippen LogP contribution >= 0.6 is 0 Å². The molecule has 1 aliphatic rings. The Balaban J connectivity index is 1.88. The average Bonchev–Trinajstić information content (AvgIpc) is 2.69. The quantitative estimate of drug-likeness (QED) is 0.896. The van der Waals surface area contributed by atoms with Crippen LogP contribution in [0.15, 0.2) is 24.3 Å². The van der Waals surface area contributed by atoms with E-state index >= 15 is 0 Å². The Morgan fingerprint density at radius 1 is 1.50 bits per heavy atom. The summed E-state index contributed by atoms with van der Waals surface area (Å²) in [4.78, 5) is 13.5. The zero-order chi connectivity index (χ0) is 14.8. The van der Waals surface area contributed by atoms with Crippen LogP contribution in [0.3, 0.4) is 0 Å². The molecule has 1 heterocycles. The Morgan fingerprint density at radius 2 is 2.25 bits per heavy atom. The minimum atomic E-state index is -2.96. The molecule has 0 aliphatic carbocycles. The third kappa shape index (κ3) is 4.01. The van der Waals surface area contributed by atoms with Crippen molar-refractivity contribution in [3.05, 3.63) is 30.1 Å². The lowest BCUT2D eigenvalue weighted by molar-refractivity contribution is -0.117. The average molecular weight is 300 g/mol. The molecule has 0 spiro atoms. The van der Waals surface area contributed by atoms with Crippen LogP contribution < -0.4 is 5.32 Å². The molecule has 0 unspecified atom stereocenters. The molecule has 1 aromatic rings. The van der Waals surface area contributed by atoms with Crippen molar-refractivity contribution >= 4 is 21.4 Å². The van der Waals surface area contributed by atoms with E-state index in [1.165, 1.54) is 18.2 Å². The van der Waals surface area contributed by atoms with Gasteiger partial charge in [0.05, 0.1) is 18.1 Å². The molecule has 5 nitrogen and oxygen atoms in total. The van der Waals surface area contributed by atoms with Gasteiger partial charge >= 0.3 is 0 Å². The molecule has 0 aromatic heterocycles. The van der Waals surface area contributed by atoms with Crippen molar-refractivity contribution in [2.75, 3.05) is 30.4 Å². The summed E-state index contributed by atoms with van der Waals surface area (Å²) < 4.78 is 35.8. The van der Waals surface area contributed by atoms with Crippen molar-refractivity contribution in [2.24, 2.45) is 0 Å². The van der Waals surface area contributed by atoms with Gasteiger partial charge in [0.15, 0.2) is 9.84 Å². The van der Waals surface area contributed by atoms with Gasteiger partial charge in [-0.2, -0.15) is 0 Å². The van der Waals surface area contributed by atoms with Gasteiger partial charge in [0.25, 0.3) is 0 Å². The summed E-state index contributed by atoms with van der Waals surface area (Å²) in [6.07, 6.45) is 0.548. The Kier molecular flexibility index (Phi) is 4.39. The predicted octanol–water partition coefficient (Wildman–Crippen LogP) is 0.883. The molecule has 2 rings (SSSR count). The minimum absolute atomic E-state index is 0.0801. The Bertz CT molecular complexity index is 603. The van der Waals surface area contributed by atoms with Gasteiger partial charge in [-0.3, -0.25) is 9.69 Å². The second-order valence-corrected chi connectivity index (χ2v) is 7.26. The number of nitrogens with zero attached hydrogens (tertiary/aromatic N) is 1. The van der Waals surface area contributed by atoms with E-state index in [1.807, 2.05) is 0 Å². The number of hydrogen-bond acceptors (Lipinski definition) is 4. The number of amides is 1. The highest BCUT2D eigenvalue weighted by atomic mass is 32.2. The standard InChI is InChI=1S/C13H17FN2O3S/c1-16(12-5-6-20(18,19)9-12)8-13(17)15-11-4-2-3-10(14)7-11/h2-4,7,12H,5-6,8-9H2,1H3,(H,15,17)/t12-/m0/s1. The van der Waals surface area contributed by atoms with Gasteiger partial charge in [0.1, 0.15) is 5.82 Å². The van der Waals surface area contributed by atoms with E-state index in [2.05, 4.69) is 5.32 Å². The van der Waals surface area contributed by atoms with Crippen molar-refractivity contribution in [1.29, 1.82) is 0 Å². The van der Waals surface area contributed by atoms with E-state index in [-0.39, 0.29) is 30.0 Å². The summed E-state index contributed by atoms with van der Waals surface area (Å²) in [7, 11) is -1.24. The highest BCUT2D eigenvalue weighted by molar-refractivity contribution is 7.91. The molecule has 0 radical (unpaired) electrons. The minimum Gasteiger partial charge on any atom is -0.325 e. The normalized spacial score (nSPS) is 21.1. The molecule has 1 aliphatic heterocycles. The Labute approximate surface area is 117 Å². The zero-order valence-electron chi connectivity index (χ0n) is 11.2. The summed E-state index contributed by atoms with van der Waals surface area (Å²) in [6.45, 7) is 0.0801. The van der Waals surface area contributed by atoms with Crippen LogP contribution in [-0.4, -0.2) is 50.4 Å². The van der Waals surface area contributed by atoms with E-state index in [1.54, 1.807) is 18.0 Å². The van der Waals surface area contributed by atoms with Gasteiger partial charge in [0, 0.05) is 11.7 Å². The molecule has 1 atom stereocenters. The van der Waals surface area contributed by atoms with E-state index < -0.39 is 15.7 Å². The van der Waals surface area contributed by atoms with Crippen LogP contribution in [-0.2, 0) is 14.6 Å². The molecular weight excluding hydrogens is 283 g/mol. The maximum atomic E-state index is 13.0. The summed E-state index contributed by atoms with van der Waals surface area (Å²) in [5.41, 5.74) is 0.391. The van der Waals surface area contributed by atoms with Gasteiger partial charge in [0.2, 0.25) is 5.91 Å². The van der Waals surface area contributed by atoms with Gasteiger partial charge in [-0.1, -0.05) is 6.07 Å². The highest BCUT2D eigenvalue weighted by Gasteiger charge is 2.31. The fourth-order valence-electron chi connectivity index (χ4n) is 2.25. The summed E-state index contributed by atoms with van der Waals surface area (Å²) >= 11 is 0. The number of likely N-dealkylation sites (N-methyl/N-ethyl adjacent to an activating group) is 1. The number of sulfone groups is 1. The number of halogens is 1. The molecule has 0 saturated carbocycles. The monoisotopic (exact) mass is 300 g/mol. The van der Waals surface area contributed by atoms with Crippen LogP contribution in [0.5, 0.6) is 0 Å². The molecule has 1 fully saturated rings. The van der Waals surface area contributed by atoms with Crippen LogP contribution in [0.4, 0.5) is 10.1 Å². The van der Waals surface area contributed by atoms with Crippen molar-refractivity contribution in [1.82, 2.24) is 4.90 Å². The number of rotatable bonds is 4. The lowest BCUT2D eigenvalue weighted by atomic mass is 10.2. The summed E-state index contributed by atoms with van der Waals surface area (Å²) in [6, 6.07) is 5.51. The predicted molar refractivity (Wildman–Crippen MR) is 74.7 cm³/mol. The SMILES string of the molecule is CN(CC(=O)Nc1cccc(F)c1)[C@H]1CCS(=O)(=O)C1. The van der Waals surface area contributed by atoms with Gasteiger partial charge in [-0.05, 0) is 31.7 Å². The molecule has 1 saturated heterocycles. The van der Waals surface area contributed by atoms with Gasteiger partial charge in [-0.25, -0.2) is 12.8 Å². The maximum absolute atomic E-state index is 13.0. The van der Waals surface area contributed by atoms with Crippen LogP contribution in [0, 0.1) is 5.82 Å². The molecule has 1 aromatic carbocycles. The molecule has 110 valence electrons. The number of nitrogens with one attached hydrogen (secondary N) is 1. The smallest absolute Gasteiger partial charge is 0.238 e. The maximum Gasteiger partial charge on any atom is 0.238 e. The third-order valence-electron chi connectivity index (χ3n) is 3.33. The van der Waals surface area contributed by atoms with Crippen LogP contribution in [0.25, 0.3) is 0 Å². The number of hydrogen-bond donors (Lipinski definition) is 1. The van der Waals surface area contributed by atoms with E-state index in [4.69, 9.17) is 0 Å². The van der Waals surface area contributed by atoms with Crippen molar-refractivity contribution in [2.45, 2.75) is 12.5 Å². The topological polar surface area (TPSA) is 66.5 Å². The highest BCUT2D eigenvalue weighted by Crippen LogP contribution is 2.16. The zero-order valence-corrected chi connectivity index (χ0v) is 12.0. The number of benzene rings is 1. The second-order valence-electron chi connectivity index (χ2n) is 5.03. The van der Waals surface area contributed by atoms with Gasteiger partial charge < -0.3 is 5.32 Å². The van der Waals surface area contributed by atoms with E-state index in [9.17, 15) is 17.6 Å². The largest absolute Gasteiger partial charge is 0.325 e. The Morgan fingerprint density at radius 3 is 2.85 bits per heavy atom. The van der Waals surface area contributed by atoms with Crippen molar-refractivity contribution < 1.29 is 17.6 Å². The Hall–Kier alpha value is -1.47. The summed E-state index contributed by atoms with van der Waals surface area (Å²) in [5.74, 6) is -0.440. The molecule has 7 heteroatoms. The molecule has 20 heavy (non-hydrogen) atoms. The number of anilines is 1. The first kappa shape index (κ1) is 14.9. The van der Waals surface area contributed by atoms with Crippen LogP contribution in [0.1, 0.15) is 6.42 Å². The van der Waals surface area contributed by atoms with Crippen molar-refractivity contribution in [3.8, 4) is 0 Å². The lowest BCUT2D eigenvalue weighted by Gasteiger charge is -2.22. The molecule has 1 amide bonds.